The monoisotopic (exact) mass is 1020 g/mol. The summed E-state index contributed by atoms with van der Waals surface area (Å²) in [4.78, 5) is 156. The first kappa shape index (κ1) is 61.9. The topological polar surface area (TPSA) is 451 Å². The van der Waals surface area contributed by atoms with Crippen molar-refractivity contribution in [3.8, 4) is 0 Å². The van der Waals surface area contributed by atoms with Gasteiger partial charge in [-0.2, -0.15) is 11.8 Å². The molecule has 1 aliphatic rings. The average Bonchev–Trinajstić information content (AvgIpc) is 3.77. The Kier molecular flexibility index (Phi) is 27.6. The summed E-state index contributed by atoms with van der Waals surface area (Å²) in [5.74, 6) is -14.0. The summed E-state index contributed by atoms with van der Waals surface area (Å²) in [6.07, 6.45) is 0.429. The van der Waals surface area contributed by atoms with Gasteiger partial charge in [0.25, 0.3) is 0 Å². The predicted octanol–water partition coefficient (Wildman–Crippen LogP) is -4.82. The number of hydrogen-bond acceptors (Lipinski definition) is 16. The highest BCUT2D eigenvalue weighted by atomic mass is 32.2. The standard InChI is InChI=1S/C42H71N11O16S/c1-20(2)32(52-40(66)33(21(3)4)51-38(64)28-10-8-15-53(28)41(67)22(44)17-30(56)57)39(65)47-23(11-12-29(45)55)34(60)50-27(19-54)37(63)49-26(18-31(58)59)36(62)46-24(13-16-70-5)35(61)48-25(42(68)69)9-6-7-14-43/h20-28,32-33,54H,6-19,43-44H2,1-5H3,(H2,45,55)(H,46,62)(H,47,65)(H,48,61)(H,49,63)(H,50,60)(H,51,64)(H,52,66)(H,56,57)(H,58,59)(H,68,69)/t22-,23-,24-,25-,26-,27-,28-,32-,33-/m0/s1. The summed E-state index contributed by atoms with van der Waals surface area (Å²) in [7, 11) is 0. The normalized spacial score (nSPS) is 16.8. The van der Waals surface area contributed by atoms with E-state index in [2.05, 4.69) is 37.2 Å². The van der Waals surface area contributed by atoms with Gasteiger partial charge in [-0.1, -0.05) is 27.7 Å². The largest absolute Gasteiger partial charge is 0.481 e. The molecule has 1 aliphatic heterocycles. The minimum absolute atomic E-state index is 0.0263. The number of carboxylic acid groups (broad SMARTS) is 3. The molecule has 70 heavy (non-hydrogen) atoms. The Hall–Kier alpha value is -6.13. The quantitative estimate of drug-likeness (QED) is 0.0274. The minimum Gasteiger partial charge on any atom is -0.481 e. The third kappa shape index (κ3) is 21.2. The number of nitrogens with zero attached hydrogens (tertiary/aromatic N) is 1. The van der Waals surface area contributed by atoms with E-state index in [1.807, 2.05) is 0 Å². The van der Waals surface area contributed by atoms with Crippen molar-refractivity contribution in [2.75, 3.05) is 31.7 Å². The van der Waals surface area contributed by atoms with Crippen molar-refractivity contribution in [2.24, 2.45) is 29.0 Å². The Morgan fingerprint density at radius 1 is 0.629 bits per heavy atom. The van der Waals surface area contributed by atoms with Crippen molar-refractivity contribution in [2.45, 2.75) is 146 Å². The number of amides is 9. The van der Waals surface area contributed by atoms with Crippen LogP contribution in [0, 0.1) is 11.8 Å². The zero-order valence-corrected chi connectivity index (χ0v) is 40.8. The molecular formula is C42H71N11O16S. The number of unbranched alkanes of at least 4 members (excludes halogenated alkanes) is 1. The lowest BCUT2D eigenvalue weighted by Gasteiger charge is -2.31. The molecule has 17 N–H and O–H groups in total. The average molecular weight is 1020 g/mol. The molecule has 28 heteroatoms. The maximum atomic E-state index is 13.8. The number of likely N-dealkylation sites (tertiary alicyclic amines) is 1. The first-order chi connectivity index (χ1) is 32.8. The number of nitrogens with two attached hydrogens (primary N) is 3. The van der Waals surface area contributed by atoms with Crippen LogP contribution >= 0.6 is 11.8 Å². The maximum Gasteiger partial charge on any atom is 0.326 e. The zero-order chi connectivity index (χ0) is 53.4. The van der Waals surface area contributed by atoms with Gasteiger partial charge in [-0.05, 0) is 75.3 Å². The summed E-state index contributed by atoms with van der Waals surface area (Å²) in [5.41, 5.74) is 16.6. The van der Waals surface area contributed by atoms with Gasteiger partial charge in [0.05, 0.1) is 25.5 Å². The van der Waals surface area contributed by atoms with E-state index in [9.17, 15) is 72.9 Å². The minimum atomic E-state index is -1.92. The molecular weight excluding hydrogens is 947 g/mol. The van der Waals surface area contributed by atoms with Crippen LogP contribution in [0.3, 0.4) is 0 Å². The number of aliphatic hydroxyl groups excluding tert-OH is 1. The van der Waals surface area contributed by atoms with Gasteiger partial charge in [-0.3, -0.25) is 52.7 Å². The Morgan fingerprint density at radius 3 is 1.63 bits per heavy atom. The fourth-order valence-electron chi connectivity index (χ4n) is 7.09. The number of rotatable bonds is 33. The van der Waals surface area contributed by atoms with Crippen LogP contribution in [-0.2, 0) is 57.5 Å². The second-order valence-corrected chi connectivity index (χ2v) is 18.3. The van der Waals surface area contributed by atoms with Gasteiger partial charge in [-0.15, -0.1) is 0 Å². The third-order valence-electron chi connectivity index (χ3n) is 11.0. The van der Waals surface area contributed by atoms with Gasteiger partial charge in [0, 0.05) is 13.0 Å². The fourth-order valence-corrected chi connectivity index (χ4v) is 7.56. The van der Waals surface area contributed by atoms with E-state index in [1.165, 1.54) is 11.8 Å². The molecule has 1 saturated heterocycles. The number of nitrogens with one attached hydrogen (secondary N) is 7. The summed E-state index contributed by atoms with van der Waals surface area (Å²) >= 11 is 1.28. The Bertz CT molecular complexity index is 1870. The van der Waals surface area contributed by atoms with E-state index >= 15 is 0 Å². The number of aliphatic hydroxyl groups is 1. The second-order valence-electron chi connectivity index (χ2n) is 17.4. The molecule has 0 aromatic carbocycles. The lowest BCUT2D eigenvalue weighted by atomic mass is 9.98. The highest BCUT2D eigenvalue weighted by Gasteiger charge is 2.40. The summed E-state index contributed by atoms with van der Waals surface area (Å²) in [5, 5.41) is 55.0. The third-order valence-corrected chi connectivity index (χ3v) is 11.6. The van der Waals surface area contributed by atoms with Crippen molar-refractivity contribution in [3.63, 3.8) is 0 Å². The molecule has 9 atom stereocenters. The number of hydrogen-bond donors (Lipinski definition) is 14. The van der Waals surface area contributed by atoms with E-state index in [0.717, 1.165) is 4.90 Å². The van der Waals surface area contributed by atoms with E-state index in [-0.39, 0.29) is 38.1 Å². The van der Waals surface area contributed by atoms with Crippen molar-refractivity contribution in [3.05, 3.63) is 0 Å². The van der Waals surface area contributed by atoms with Crippen LogP contribution in [0.4, 0.5) is 0 Å². The predicted molar refractivity (Wildman–Crippen MR) is 249 cm³/mol. The molecule has 0 aromatic heterocycles. The second kappa shape index (κ2) is 31.2. The Labute approximate surface area is 409 Å². The molecule has 0 saturated carbocycles. The Balaban J connectivity index is 3.28. The first-order valence-corrected chi connectivity index (χ1v) is 24.1. The SMILES string of the molecule is CSCC[C@H](NC(=O)[C@H](CC(=O)O)NC(=O)[C@H](CO)NC(=O)[C@H](CCC(N)=O)NC(=O)[C@@H](NC(=O)[C@@H](NC(=O)[C@@H]1CCCN1C(=O)[C@@H](N)CC(=O)O)C(C)C)C(C)C)C(=O)N[C@@H](CCCCN)C(=O)O. The van der Waals surface area contributed by atoms with E-state index in [4.69, 9.17) is 22.3 Å². The lowest BCUT2D eigenvalue weighted by molar-refractivity contribution is -0.144. The molecule has 1 rings (SSSR count). The van der Waals surface area contributed by atoms with Crippen LogP contribution in [0.2, 0.25) is 0 Å². The smallest absolute Gasteiger partial charge is 0.326 e. The summed E-state index contributed by atoms with van der Waals surface area (Å²) < 4.78 is 0. The molecule has 9 amide bonds. The fraction of sp³-hybridized carbons (Fsp3) is 0.714. The summed E-state index contributed by atoms with van der Waals surface area (Å²) in [6, 6.07) is -13.4. The maximum absolute atomic E-state index is 13.8. The zero-order valence-electron chi connectivity index (χ0n) is 40.0. The molecule has 0 radical (unpaired) electrons. The molecule has 0 bridgehead atoms. The molecule has 0 aromatic rings. The number of carbonyl (C=O) groups excluding carboxylic acids is 9. The number of carboxylic acids is 3. The van der Waals surface area contributed by atoms with Gasteiger partial charge in [-0.25, -0.2) is 4.79 Å². The first-order valence-electron chi connectivity index (χ1n) is 22.7. The van der Waals surface area contributed by atoms with Gasteiger partial charge >= 0.3 is 17.9 Å². The van der Waals surface area contributed by atoms with Gasteiger partial charge in [0.1, 0.15) is 48.3 Å². The molecule has 396 valence electrons. The highest BCUT2D eigenvalue weighted by molar-refractivity contribution is 7.98. The summed E-state index contributed by atoms with van der Waals surface area (Å²) in [6.45, 7) is 5.52. The van der Waals surface area contributed by atoms with Crippen molar-refractivity contribution >= 4 is 82.8 Å². The van der Waals surface area contributed by atoms with Crippen LogP contribution in [0.1, 0.15) is 91.9 Å². The number of carbonyl (C=O) groups is 12. The Morgan fingerprint density at radius 2 is 1.11 bits per heavy atom. The number of primary amides is 1. The molecule has 0 unspecified atom stereocenters. The van der Waals surface area contributed by atoms with Gasteiger partial charge in [0.15, 0.2) is 0 Å². The van der Waals surface area contributed by atoms with Crippen LogP contribution in [0.15, 0.2) is 0 Å². The van der Waals surface area contributed by atoms with Crippen LogP contribution in [0.25, 0.3) is 0 Å². The molecule has 0 spiro atoms. The lowest BCUT2D eigenvalue weighted by Crippen LogP contribution is -2.62. The molecule has 1 heterocycles. The van der Waals surface area contributed by atoms with Crippen molar-refractivity contribution < 1.29 is 78.0 Å². The molecule has 0 aliphatic carbocycles. The van der Waals surface area contributed by atoms with Gasteiger partial charge in [0.2, 0.25) is 53.2 Å². The molecule has 27 nitrogen and oxygen atoms in total. The number of thioether (sulfide) groups is 1. The van der Waals surface area contributed by atoms with Crippen molar-refractivity contribution in [1.29, 1.82) is 0 Å². The van der Waals surface area contributed by atoms with E-state index < -0.39 is 170 Å². The van der Waals surface area contributed by atoms with E-state index in [0.29, 0.717) is 19.3 Å². The molecule has 1 fully saturated rings. The van der Waals surface area contributed by atoms with Gasteiger partial charge < -0.3 is 79.7 Å². The van der Waals surface area contributed by atoms with E-state index in [1.54, 1.807) is 34.0 Å². The number of aliphatic carboxylic acids is 3. The van der Waals surface area contributed by atoms with Crippen LogP contribution in [0.5, 0.6) is 0 Å². The van der Waals surface area contributed by atoms with Crippen LogP contribution in [-0.4, -0.2) is 182 Å². The van der Waals surface area contributed by atoms with Crippen molar-refractivity contribution in [1.82, 2.24) is 42.1 Å². The van der Waals surface area contributed by atoms with Crippen LogP contribution < -0.4 is 54.4 Å². The highest BCUT2D eigenvalue weighted by Crippen LogP contribution is 2.20.